The fraction of sp³-hybridized carbons (Fsp3) is 0.0370. The molecule has 5 rings (SSSR count). The Morgan fingerprint density at radius 3 is 2.51 bits per heavy atom. The number of thiazole rings is 1. The van der Waals surface area contributed by atoms with Gasteiger partial charge in [0.15, 0.2) is 5.11 Å². The van der Waals surface area contributed by atoms with Crippen LogP contribution >= 0.6 is 35.2 Å². The number of nitrogens with one attached hydrogen (secondary N) is 1. The number of halogens is 1. The van der Waals surface area contributed by atoms with Gasteiger partial charge in [0.05, 0.1) is 17.9 Å². The van der Waals surface area contributed by atoms with Crippen LogP contribution in [0.5, 0.6) is 0 Å². The molecule has 2 heterocycles. The maximum absolute atomic E-state index is 13.3. The molecule has 0 aliphatic carbocycles. The highest BCUT2D eigenvalue weighted by molar-refractivity contribution is 7.80. The van der Waals surface area contributed by atoms with Crippen LogP contribution in [0.3, 0.4) is 0 Å². The summed E-state index contributed by atoms with van der Waals surface area (Å²) in [6, 6.07) is 23.9. The average Bonchev–Trinajstić information content (AvgIpc) is 3.38. The van der Waals surface area contributed by atoms with Gasteiger partial charge >= 0.3 is 0 Å². The van der Waals surface area contributed by atoms with Gasteiger partial charge in [0, 0.05) is 16.0 Å². The predicted molar refractivity (Wildman–Crippen MR) is 150 cm³/mol. The largest absolute Gasteiger partial charge is 0.298 e. The fourth-order valence-electron chi connectivity index (χ4n) is 3.68. The van der Waals surface area contributed by atoms with Crippen LogP contribution in [0.1, 0.15) is 11.1 Å². The molecular formula is C27H18ClN5O2S2. The average molecular weight is 544 g/mol. The number of carbonyl (C=O) groups is 2. The third-order valence-corrected chi connectivity index (χ3v) is 6.76. The van der Waals surface area contributed by atoms with Gasteiger partial charge in [-0.05, 0) is 53.7 Å². The van der Waals surface area contributed by atoms with Crippen LogP contribution in [0.25, 0.3) is 17.3 Å². The van der Waals surface area contributed by atoms with Gasteiger partial charge in [-0.2, -0.15) is 5.11 Å². The summed E-state index contributed by atoms with van der Waals surface area (Å²) in [7, 11) is 0. The molecule has 37 heavy (non-hydrogen) atoms. The summed E-state index contributed by atoms with van der Waals surface area (Å²) in [4.78, 5) is 31.8. The lowest BCUT2D eigenvalue weighted by Gasteiger charge is -2.29. The number of hydrogen-bond acceptors (Lipinski definition) is 7. The van der Waals surface area contributed by atoms with Crippen LogP contribution in [-0.2, 0) is 16.1 Å². The SMILES string of the molecule is O=C1NC(=S)N(c2ccc(Cl)cc2)C(=O)C1=Cc1ccccc1CN=Nc1nc(-c2ccccc2)cs1. The highest BCUT2D eigenvalue weighted by atomic mass is 35.5. The third-order valence-electron chi connectivity index (χ3n) is 5.50. The van der Waals surface area contributed by atoms with E-state index in [0.29, 0.717) is 21.4 Å². The summed E-state index contributed by atoms with van der Waals surface area (Å²) in [6.07, 6.45) is 1.55. The molecule has 0 atom stereocenters. The van der Waals surface area contributed by atoms with Crippen molar-refractivity contribution < 1.29 is 9.59 Å². The van der Waals surface area contributed by atoms with Crippen molar-refractivity contribution in [3.8, 4) is 11.3 Å². The molecule has 1 N–H and O–H groups in total. The molecule has 1 aliphatic rings. The Morgan fingerprint density at radius 1 is 1.00 bits per heavy atom. The van der Waals surface area contributed by atoms with E-state index in [1.165, 1.54) is 16.2 Å². The van der Waals surface area contributed by atoms with Gasteiger partial charge in [-0.25, -0.2) is 4.98 Å². The molecule has 1 saturated heterocycles. The number of amides is 2. The van der Waals surface area contributed by atoms with Crippen LogP contribution in [0.2, 0.25) is 5.02 Å². The molecule has 7 nitrogen and oxygen atoms in total. The summed E-state index contributed by atoms with van der Waals surface area (Å²) in [6.45, 7) is 0.245. The maximum atomic E-state index is 13.3. The maximum Gasteiger partial charge on any atom is 0.270 e. The summed E-state index contributed by atoms with van der Waals surface area (Å²) in [5.41, 5.74) is 3.79. The molecule has 4 aromatic rings. The van der Waals surface area contributed by atoms with E-state index in [9.17, 15) is 9.59 Å². The monoisotopic (exact) mass is 543 g/mol. The quantitative estimate of drug-likeness (QED) is 0.129. The molecular weight excluding hydrogens is 526 g/mol. The second-order valence-electron chi connectivity index (χ2n) is 7.91. The Hall–Kier alpha value is -4.05. The van der Waals surface area contributed by atoms with Crippen LogP contribution < -0.4 is 10.2 Å². The highest BCUT2D eigenvalue weighted by Gasteiger charge is 2.34. The van der Waals surface area contributed by atoms with Crippen molar-refractivity contribution in [3.05, 3.63) is 106 Å². The first kappa shape index (κ1) is 24.6. The Bertz CT molecular complexity index is 1550. The molecule has 0 unspecified atom stereocenters. The van der Waals surface area contributed by atoms with Gasteiger partial charge in [-0.1, -0.05) is 66.2 Å². The zero-order valence-corrected chi connectivity index (χ0v) is 21.6. The minimum absolute atomic E-state index is 0.00915. The van der Waals surface area contributed by atoms with Crippen molar-refractivity contribution >= 4 is 69.0 Å². The summed E-state index contributed by atoms with van der Waals surface area (Å²) in [5, 5.41) is 14.2. The second kappa shape index (κ2) is 10.9. The van der Waals surface area contributed by atoms with Crippen molar-refractivity contribution in [1.29, 1.82) is 0 Å². The van der Waals surface area contributed by atoms with E-state index in [1.807, 2.05) is 60.0 Å². The van der Waals surface area contributed by atoms with Crippen molar-refractivity contribution in [2.24, 2.45) is 10.2 Å². The molecule has 3 aromatic carbocycles. The lowest BCUT2D eigenvalue weighted by molar-refractivity contribution is -0.122. The van der Waals surface area contributed by atoms with Crippen molar-refractivity contribution in [2.75, 3.05) is 4.90 Å². The number of azo groups is 1. The molecule has 0 spiro atoms. The first-order valence-electron chi connectivity index (χ1n) is 11.1. The topological polar surface area (TPSA) is 87.0 Å². The summed E-state index contributed by atoms with van der Waals surface area (Å²) in [5.74, 6) is -1.09. The summed E-state index contributed by atoms with van der Waals surface area (Å²) >= 11 is 12.6. The van der Waals surface area contributed by atoms with Gasteiger partial charge in [0.25, 0.3) is 11.8 Å². The number of carbonyl (C=O) groups excluding carboxylic acids is 2. The number of rotatable bonds is 6. The number of benzene rings is 3. The van der Waals surface area contributed by atoms with E-state index in [1.54, 1.807) is 30.3 Å². The van der Waals surface area contributed by atoms with Gasteiger partial charge in [0.1, 0.15) is 5.57 Å². The van der Waals surface area contributed by atoms with E-state index in [0.717, 1.165) is 16.8 Å². The number of anilines is 1. The normalized spacial score (nSPS) is 15.0. The zero-order valence-electron chi connectivity index (χ0n) is 19.2. The Morgan fingerprint density at radius 2 is 1.73 bits per heavy atom. The Balaban J connectivity index is 1.37. The Labute approximate surface area is 227 Å². The summed E-state index contributed by atoms with van der Waals surface area (Å²) < 4.78 is 0. The molecule has 10 heteroatoms. The zero-order chi connectivity index (χ0) is 25.8. The third kappa shape index (κ3) is 5.54. The van der Waals surface area contributed by atoms with E-state index in [4.69, 9.17) is 23.8 Å². The van der Waals surface area contributed by atoms with Gasteiger partial charge < -0.3 is 0 Å². The molecule has 2 amide bonds. The van der Waals surface area contributed by atoms with Crippen LogP contribution in [0, 0.1) is 0 Å². The van der Waals surface area contributed by atoms with Crippen molar-refractivity contribution in [1.82, 2.24) is 10.3 Å². The van der Waals surface area contributed by atoms with Crippen molar-refractivity contribution in [3.63, 3.8) is 0 Å². The molecule has 1 aromatic heterocycles. The number of hydrogen-bond donors (Lipinski definition) is 1. The van der Waals surface area contributed by atoms with Crippen LogP contribution in [-0.4, -0.2) is 21.9 Å². The van der Waals surface area contributed by atoms with Gasteiger partial charge in [-0.15, -0.1) is 16.5 Å². The molecule has 0 saturated carbocycles. The first-order valence-corrected chi connectivity index (χ1v) is 12.8. The second-order valence-corrected chi connectivity index (χ2v) is 9.57. The molecule has 1 fully saturated rings. The fourth-order valence-corrected chi connectivity index (χ4v) is 4.75. The van der Waals surface area contributed by atoms with E-state index in [2.05, 4.69) is 20.5 Å². The molecule has 182 valence electrons. The van der Waals surface area contributed by atoms with Crippen LogP contribution in [0.4, 0.5) is 10.8 Å². The Kier molecular flexibility index (Phi) is 7.27. The lowest BCUT2D eigenvalue weighted by atomic mass is 10.0. The smallest absolute Gasteiger partial charge is 0.270 e. The number of aromatic nitrogens is 1. The van der Waals surface area contributed by atoms with Gasteiger partial charge in [0.2, 0.25) is 5.13 Å². The lowest BCUT2D eigenvalue weighted by Crippen LogP contribution is -2.54. The van der Waals surface area contributed by atoms with Crippen molar-refractivity contribution in [2.45, 2.75) is 6.54 Å². The molecule has 1 aliphatic heterocycles. The van der Waals surface area contributed by atoms with E-state index < -0.39 is 11.8 Å². The minimum Gasteiger partial charge on any atom is -0.298 e. The minimum atomic E-state index is -0.562. The molecule has 0 bridgehead atoms. The van der Waals surface area contributed by atoms with E-state index >= 15 is 0 Å². The number of nitrogens with zero attached hydrogens (tertiary/aromatic N) is 4. The van der Waals surface area contributed by atoms with Crippen LogP contribution in [0.15, 0.2) is 100 Å². The van der Waals surface area contributed by atoms with Gasteiger partial charge in [-0.3, -0.25) is 19.8 Å². The first-order chi connectivity index (χ1) is 18.0. The predicted octanol–water partition coefficient (Wildman–Crippen LogP) is 6.58. The molecule has 0 radical (unpaired) electrons. The highest BCUT2D eigenvalue weighted by Crippen LogP contribution is 2.28. The standard InChI is InChI=1S/C27H18ClN5O2S2/c28-20-10-12-21(13-11-20)33-25(35)22(24(34)31-27(33)36)14-18-8-4-5-9-19(18)15-29-32-26-30-23(16-37-26)17-6-2-1-3-7-17/h1-14,16H,15H2,(H,31,34,36). The number of thiocarbonyl (C=S) groups is 1. The van der Waals surface area contributed by atoms with E-state index in [-0.39, 0.29) is 17.2 Å².